The predicted octanol–water partition coefficient (Wildman–Crippen LogP) is 2.74. The topological polar surface area (TPSA) is 49.8 Å². The summed E-state index contributed by atoms with van der Waals surface area (Å²) < 4.78 is 0. The maximum Gasteiger partial charge on any atom is 0.135 e. The molecule has 0 aliphatic rings. The monoisotopic (exact) mass is 222 g/mol. The third kappa shape index (κ3) is 3.36. The Bertz CT molecular complexity index is 366. The summed E-state index contributed by atoms with van der Waals surface area (Å²) in [6, 6.07) is 0. The first-order valence-electron chi connectivity index (χ1n) is 5.71. The zero-order valence-corrected chi connectivity index (χ0v) is 11.1. The van der Waals surface area contributed by atoms with Crippen LogP contribution in [-0.4, -0.2) is 22.1 Å². The van der Waals surface area contributed by atoms with Gasteiger partial charge in [0.05, 0.1) is 0 Å². The van der Waals surface area contributed by atoms with Crippen LogP contribution in [0.2, 0.25) is 0 Å². The van der Waals surface area contributed by atoms with Crippen molar-refractivity contribution >= 4 is 11.6 Å². The van der Waals surface area contributed by atoms with Crippen molar-refractivity contribution in [2.45, 2.75) is 47.1 Å². The molecule has 1 rings (SSSR count). The normalized spacial score (nSPS) is 11.4. The van der Waals surface area contributed by atoms with Gasteiger partial charge in [-0.15, -0.1) is 0 Å². The number of anilines is 2. The van der Waals surface area contributed by atoms with E-state index in [0.29, 0.717) is 0 Å². The van der Waals surface area contributed by atoms with Crippen LogP contribution in [0.3, 0.4) is 0 Å². The molecule has 0 atom stereocenters. The Morgan fingerprint density at radius 2 is 1.62 bits per heavy atom. The summed E-state index contributed by atoms with van der Waals surface area (Å²) >= 11 is 0. The lowest BCUT2D eigenvalue weighted by atomic mass is 10.1. The zero-order valence-electron chi connectivity index (χ0n) is 11.1. The molecule has 0 unspecified atom stereocenters. The highest BCUT2D eigenvalue weighted by molar-refractivity contribution is 5.57. The van der Waals surface area contributed by atoms with Gasteiger partial charge in [0.25, 0.3) is 0 Å². The minimum Gasteiger partial charge on any atom is -0.370 e. The van der Waals surface area contributed by atoms with E-state index in [1.54, 1.807) is 0 Å². The molecule has 0 radical (unpaired) electrons. The predicted molar refractivity (Wildman–Crippen MR) is 69.0 cm³/mol. The van der Waals surface area contributed by atoms with Gasteiger partial charge in [0.1, 0.15) is 17.5 Å². The number of hydrogen-bond donors (Lipinski definition) is 2. The molecule has 2 N–H and O–H groups in total. The van der Waals surface area contributed by atoms with Gasteiger partial charge in [0, 0.05) is 17.6 Å². The van der Waals surface area contributed by atoms with Crippen molar-refractivity contribution in [1.82, 2.24) is 9.97 Å². The molecule has 0 saturated carbocycles. The maximum absolute atomic E-state index is 4.44. The zero-order chi connectivity index (χ0) is 12.3. The van der Waals surface area contributed by atoms with Crippen molar-refractivity contribution in [1.29, 1.82) is 0 Å². The third-order valence-electron chi connectivity index (χ3n) is 2.10. The van der Waals surface area contributed by atoms with Crippen molar-refractivity contribution in [3.05, 3.63) is 11.4 Å². The van der Waals surface area contributed by atoms with Gasteiger partial charge < -0.3 is 10.6 Å². The second kappa shape index (κ2) is 4.68. The van der Waals surface area contributed by atoms with Gasteiger partial charge in [0.15, 0.2) is 0 Å². The van der Waals surface area contributed by atoms with E-state index in [0.717, 1.165) is 29.6 Å². The second-order valence-electron chi connectivity index (χ2n) is 5.00. The molecule has 4 heteroatoms. The fourth-order valence-corrected chi connectivity index (χ4v) is 1.44. The summed E-state index contributed by atoms with van der Waals surface area (Å²) in [5.74, 6) is 2.62. The lowest BCUT2D eigenvalue weighted by Crippen LogP contribution is -2.27. The number of aryl methyl sites for hydroxylation is 1. The van der Waals surface area contributed by atoms with Crippen LogP contribution in [0.15, 0.2) is 0 Å². The van der Waals surface area contributed by atoms with Crippen molar-refractivity contribution in [3.63, 3.8) is 0 Å². The average Bonchev–Trinajstić information content (AvgIpc) is 2.11. The maximum atomic E-state index is 4.44. The van der Waals surface area contributed by atoms with Crippen molar-refractivity contribution in [3.8, 4) is 0 Å². The first kappa shape index (κ1) is 12.7. The van der Waals surface area contributed by atoms with E-state index < -0.39 is 0 Å². The highest BCUT2D eigenvalue weighted by Crippen LogP contribution is 2.22. The first-order chi connectivity index (χ1) is 7.33. The van der Waals surface area contributed by atoms with Crippen LogP contribution in [0.4, 0.5) is 11.6 Å². The number of rotatable bonds is 3. The standard InChI is InChI=1S/C12H22N4/c1-7-13-10-8(2)11(15-9(3)14-10)16-12(4,5)6/h7H2,1-6H3,(H2,13,14,15,16). The largest absolute Gasteiger partial charge is 0.370 e. The molecule has 1 aromatic heterocycles. The van der Waals surface area contributed by atoms with Gasteiger partial charge in [-0.25, -0.2) is 9.97 Å². The molecule has 0 amide bonds. The molecule has 0 aliphatic heterocycles. The summed E-state index contributed by atoms with van der Waals surface area (Å²) in [4.78, 5) is 8.83. The van der Waals surface area contributed by atoms with E-state index in [-0.39, 0.29) is 5.54 Å². The van der Waals surface area contributed by atoms with Crippen molar-refractivity contribution in [2.75, 3.05) is 17.2 Å². The Balaban J connectivity index is 3.09. The van der Waals surface area contributed by atoms with Gasteiger partial charge in [-0.05, 0) is 41.5 Å². The quantitative estimate of drug-likeness (QED) is 0.825. The SMILES string of the molecule is CCNc1nc(C)nc(NC(C)(C)C)c1C. The molecule has 0 aromatic carbocycles. The van der Waals surface area contributed by atoms with Crippen LogP contribution in [0, 0.1) is 13.8 Å². The van der Waals surface area contributed by atoms with Crippen LogP contribution in [0.1, 0.15) is 39.1 Å². The Kier molecular flexibility index (Phi) is 3.73. The van der Waals surface area contributed by atoms with Gasteiger partial charge in [-0.2, -0.15) is 0 Å². The van der Waals surface area contributed by atoms with E-state index >= 15 is 0 Å². The van der Waals surface area contributed by atoms with Crippen LogP contribution in [0.25, 0.3) is 0 Å². The molecule has 1 aromatic rings. The molecule has 0 spiro atoms. The molecule has 90 valence electrons. The lowest BCUT2D eigenvalue weighted by molar-refractivity contribution is 0.628. The summed E-state index contributed by atoms with van der Waals surface area (Å²) in [5.41, 5.74) is 1.08. The van der Waals surface area contributed by atoms with E-state index in [4.69, 9.17) is 0 Å². The number of hydrogen-bond acceptors (Lipinski definition) is 4. The third-order valence-corrected chi connectivity index (χ3v) is 2.10. The number of aromatic nitrogens is 2. The minimum absolute atomic E-state index is 0.00897. The summed E-state index contributed by atoms with van der Waals surface area (Å²) in [7, 11) is 0. The summed E-state index contributed by atoms with van der Waals surface area (Å²) in [6.45, 7) is 13.2. The second-order valence-corrected chi connectivity index (χ2v) is 5.00. The van der Waals surface area contributed by atoms with Crippen LogP contribution in [0.5, 0.6) is 0 Å². The first-order valence-corrected chi connectivity index (χ1v) is 5.71. The molecular formula is C12H22N4. The number of nitrogens with zero attached hydrogens (tertiary/aromatic N) is 2. The molecule has 0 saturated heterocycles. The molecular weight excluding hydrogens is 200 g/mol. The van der Waals surface area contributed by atoms with Gasteiger partial charge in [-0.3, -0.25) is 0 Å². The summed E-state index contributed by atoms with van der Waals surface area (Å²) in [6.07, 6.45) is 0. The van der Waals surface area contributed by atoms with E-state index in [2.05, 4.69) is 48.3 Å². The average molecular weight is 222 g/mol. The summed E-state index contributed by atoms with van der Waals surface area (Å²) in [5, 5.41) is 6.65. The highest BCUT2D eigenvalue weighted by atomic mass is 15.1. The molecule has 0 aliphatic carbocycles. The molecule has 0 fully saturated rings. The highest BCUT2D eigenvalue weighted by Gasteiger charge is 2.14. The molecule has 0 bridgehead atoms. The van der Waals surface area contributed by atoms with Gasteiger partial charge >= 0.3 is 0 Å². The van der Waals surface area contributed by atoms with Crippen molar-refractivity contribution in [2.24, 2.45) is 0 Å². The smallest absolute Gasteiger partial charge is 0.135 e. The molecule has 16 heavy (non-hydrogen) atoms. The van der Waals surface area contributed by atoms with Gasteiger partial charge in [-0.1, -0.05) is 0 Å². The Labute approximate surface area is 97.9 Å². The Morgan fingerprint density at radius 1 is 1.06 bits per heavy atom. The lowest BCUT2D eigenvalue weighted by Gasteiger charge is -2.23. The van der Waals surface area contributed by atoms with E-state index in [9.17, 15) is 0 Å². The van der Waals surface area contributed by atoms with E-state index in [1.165, 1.54) is 0 Å². The van der Waals surface area contributed by atoms with Crippen LogP contribution >= 0.6 is 0 Å². The minimum atomic E-state index is 0.00897. The number of nitrogens with one attached hydrogen (secondary N) is 2. The van der Waals surface area contributed by atoms with Gasteiger partial charge in [0.2, 0.25) is 0 Å². The van der Waals surface area contributed by atoms with E-state index in [1.807, 2.05) is 13.8 Å². The van der Waals surface area contributed by atoms with Crippen LogP contribution < -0.4 is 10.6 Å². The van der Waals surface area contributed by atoms with Crippen molar-refractivity contribution < 1.29 is 0 Å². The Hall–Kier alpha value is -1.32. The molecule has 1 heterocycles. The van der Waals surface area contributed by atoms with Crippen LogP contribution in [-0.2, 0) is 0 Å². The Morgan fingerprint density at radius 3 is 2.12 bits per heavy atom. The fourth-order valence-electron chi connectivity index (χ4n) is 1.44. The fraction of sp³-hybridized carbons (Fsp3) is 0.667. The molecule has 4 nitrogen and oxygen atoms in total.